The molecule has 0 amide bonds. The van der Waals surface area contributed by atoms with E-state index in [9.17, 15) is 17.6 Å². The van der Waals surface area contributed by atoms with Gasteiger partial charge in [0.1, 0.15) is 16.5 Å². The zero-order valence-corrected chi connectivity index (χ0v) is 13.6. The van der Waals surface area contributed by atoms with Gasteiger partial charge in [-0.2, -0.15) is 0 Å². The molecule has 1 aromatic heterocycles. The maximum absolute atomic E-state index is 13.0. The molecule has 1 N–H and O–H groups in total. The first kappa shape index (κ1) is 16.2. The van der Waals surface area contributed by atoms with E-state index >= 15 is 0 Å². The fourth-order valence-corrected chi connectivity index (χ4v) is 3.69. The molecule has 0 spiro atoms. The summed E-state index contributed by atoms with van der Waals surface area (Å²) in [7, 11) is -4.05. The number of H-pyrrole nitrogens is 1. The van der Waals surface area contributed by atoms with Crippen LogP contribution in [0, 0.1) is 5.82 Å². The third-order valence-corrected chi connectivity index (χ3v) is 5.32. The SMILES string of the molecule is CCOc1ccc2[nH]cc(S(=O)(=O)c3ccc(F)cc3)c(=O)c2c1. The van der Waals surface area contributed by atoms with Crippen LogP contribution in [0.1, 0.15) is 6.92 Å². The van der Waals surface area contributed by atoms with Gasteiger partial charge in [0.2, 0.25) is 15.3 Å². The predicted octanol–water partition coefficient (Wildman–Crippen LogP) is 2.90. The van der Waals surface area contributed by atoms with Gasteiger partial charge in [-0.3, -0.25) is 4.79 Å². The molecule has 0 atom stereocenters. The number of pyridine rings is 1. The second kappa shape index (κ2) is 6.09. The Hall–Kier alpha value is -2.67. The van der Waals surface area contributed by atoms with Gasteiger partial charge in [-0.1, -0.05) is 0 Å². The number of ether oxygens (including phenoxy) is 1. The average Bonchev–Trinajstić information content (AvgIpc) is 2.56. The van der Waals surface area contributed by atoms with E-state index in [0.29, 0.717) is 17.9 Å². The fourth-order valence-electron chi connectivity index (χ4n) is 2.38. The third kappa shape index (κ3) is 2.78. The van der Waals surface area contributed by atoms with Crippen LogP contribution in [-0.4, -0.2) is 20.0 Å². The summed E-state index contributed by atoms with van der Waals surface area (Å²) in [5.41, 5.74) is -0.129. The van der Waals surface area contributed by atoms with Crippen molar-refractivity contribution in [2.45, 2.75) is 16.7 Å². The summed E-state index contributed by atoms with van der Waals surface area (Å²) in [4.78, 5) is 14.9. The van der Waals surface area contributed by atoms with Gasteiger partial charge in [-0.15, -0.1) is 0 Å². The Kier molecular flexibility index (Phi) is 4.11. The Labute approximate surface area is 137 Å². The zero-order chi connectivity index (χ0) is 17.3. The Morgan fingerprint density at radius 3 is 2.50 bits per heavy atom. The highest BCUT2D eigenvalue weighted by atomic mass is 32.2. The number of halogens is 1. The molecule has 0 aliphatic carbocycles. The Balaban J connectivity index is 2.20. The van der Waals surface area contributed by atoms with Gasteiger partial charge in [0, 0.05) is 11.7 Å². The van der Waals surface area contributed by atoms with Crippen molar-refractivity contribution in [1.82, 2.24) is 4.98 Å². The van der Waals surface area contributed by atoms with Crippen LogP contribution in [-0.2, 0) is 9.84 Å². The Morgan fingerprint density at radius 2 is 1.83 bits per heavy atom. The van der Waals surface area contributed by atoms with Crippen molar-refractivity contribution in [1.29, 1.82) is 0 Å². The highest BCUT2D eigenvalue weighted by molar-refractivity contribution is 7.91. The van der Waals surface area contributed by atoms with E-state index in [0.717, 1.165) is 30.5 Å². The third-order valence-electron chi connectivity index (χ3n) is 3.54. The summed E-state index contributed by atoms with van der Waals surface area (Å²) in [5, 5.41) is 0.212. The first-order valence-electron chi connectivity index (χ1n) is 7.22. The highest BCUT2D eigenvalue weighted by Crippen LogP contribution is 2.22. The van der Waals surface area contributed by atoms with E-state index in [1.165, 1.54) is 6.07 Å². The minimum Gasteiger partial charge on any atom is -0.494 e. The van der Waals surface area contributed by atoms with Crippen LogP contribution in [0.2, 0.25) is 0 Å². The Morgan fingerprint density at radius 1 is 1.12 bits per heavy atom. The second-order valence-corrected chi connectivity index (χ2v) is 7.00. The van der Waals surface area contributed by atoms with Crippen LogP contribution in [0.5, 0.6) is 5.75 Å². The van der Waals surface area contributed by atoms with Gasteiger partial charge in [0.25, 0.3) is 0 Å². The molecule has 0 bridgehead atoms. The van der Waals surface area contributed by atoms with Crippen LogP contribution < -0.4 is 10.2 Å². The van der Waals surface area contributed by atoms with Gasteiger partial charge in [-0.25, -0.2) is 12.8 Å². The molecule has 0 saturated heterocycles. The van der Waals surface area contributed by atoms with E-state index < -0.39 is 26.0 Å². The topological polar surface area (TPSA) is 76.2 Å². The molecule has 3 aromatic rings. The molecule has 3 rings (SSSR count). The quantitative estimate of drug-likeness (QED) is 0.736. The summed E-state index contributed by atoms with van der Waals surface area (Å²) in [6.45, 7) is 2.24. The fraction of sp³-hybridized carbons (Fsp3) is 0.118. The van der Waals surface area contributed by atoms with E-state index in [1.807, 2.05) is 6.92 Å². The largest absolute Gasteiger partial charge is 0.494 e. The lowest BCUT2D eigenvalue weighted by molar-refractivity contribution is 0.340. The van der Waals surface area contributed by atoms with Crippen molar-refractivity contribution < 1.29 is 17.5 Å². The molecule has 2 aromatic carbocycles. The van der Waals surface area contributed by atoms with Gasteiger partial charge >= 0.3 is 0 Å². The van der Waals surface area contributed by atoms with E-state index in [2.05, 4.69) is 4.98 Å². The first-order valence-corrected chi connectivity index (χ1v) is 8.70. The maximum Gasteiger partial charge on any atom is 0.211 e. The van der Waals surface area contributed by atoms with Gasteiger partial charge in [0.15, 0.2) is 0 Å². The molecule has 7 heteroatoms. The number of aromatic nitrogens is 1. The van der Waals surface area contributed by atoms with E-state index in [-0.39, 0.29) is 10.3 Å². The van der Waals surface area contributed by atoms with Crippen molar-refractivity contribution >= 4 is 20.7 Å². The maximum atomic E-state index is 13.0. The molecule has 0 unspecified atom stereocenters. The number of nitrogens with one attached hydrogen (secondary N) is 1. The zero-order valence-electron chi connectivity index (χ0n) is 12.7. The number of sulfone groups is 1. The summed E-state index contributed by atoms with van der Waals surface area (Å²) in [6.07, 6.45) is 1.16. The average molecular weight is 347 g/mol. The van der Waals surface area contributed by atoms with Crippen LogP contribution >= 0.6 is 0 Å². The molecular weight excluding hydrogens is 333 g/mol. The first-order chi connectivity index (χ1) is 11.4. The lowest BCUT2D eigenvalue weighted by Crippen LogP contribution is -2.16. The highest BCUT2D eigenvalue weighted by Gasteiger charge is 2.22. The molecule has 0 fully saturated rings. The molecule has 5 nitrogen and oxygen atoms in total. The number of benzene rings is 2. The van der Waals surface area contributed by atoms with Crippen LogP contribution in [0.25, 0.3) is 10.9 Å². The molecule has 0 aliphatic heterocycles. The van der Waals surface area contributed by atoms with Gasteiger partial charge in [0.05, 0.1) is 16.9 Å². The molecule has 0 saturated carbocycles. The number of hydrogen-bond donors (Lipinski definition) is 1. The van der Waals surface area contributed by atoms with Crippen LogP contribution in [0.3, 0.4) is 0 Å². The van der Waals surface area contributed by atoms with E-state index in [1.54, 1.807) is 12.1 Å². The van der Waals surface area contributed by atoms with Crippen molar-refractivity contribution in [2.75, 3.05) is 6.61 Å². The molecular formula is C17H14FNO4S. The lowest BCUT2D eigenvalue weighted by atomic mass is 10.2. The standard InChI is InChI=1S/C17H14FNO4S/c1-2-23-12-5-8-15-14(9-12)17(20)16(10-19-15)24(21,22)13-6-3-11(18)4-7-13/h3-10H,2H2,1H3,(H,19,20). The molecule has 24 heavy (non-hydrogen) atoms. The van der Waals surface area contributed by atoms with Crippen molar-refractivity contribution in [3.05, 3.63) is 64.7 Å². The molecule has 124 valence electrons. The monoisotopic (exact) mass is 347 g/mol. The summed E-state index contributed by atoms with van der Waals surface area (Å²) >= 11 is 0. The number of rotatable bonds is 4. The second-order valence-electron chi connectivity index (χ2n) is 5.08. The van der Waals surface area contributed by atoms with Crippen LogP contribution in [0.15, 0.2) is 63.2 Å². The van der Waals surface area contributed by atoms with Crippen molar-refractivity contribution in [3.63, 3.8) is 0 Å². The molecule has 1 heterocycles. The van der Waals surface area contributed by atoms with E-state index in [4.69, 9.17) is 4.74 Å². The predicted molar refractivity (Wildman–Crippen MR) is 87.6 cm³/mol. The molecule has 0 radical (unpaired) electrons. The lowest BCUT2D eigenvalue weighted by Gasteiger charge is -2.07. The number of hydrogen-bond acceptors (Lipinski definition) is 4. The normalized spacial score (nSPS) is 11.6. The summed E-state index contributed by atoms with van der Waals surface area (Å²) < 4.78 is 43.6. The van der Waals surface area contributed by atoms with Crippen molar-refractivity contribution in [3.8, 4) is 5.75 Å². The summed E-state index contributed by atoms with van der Waals surface area (Å²) in [5.74, 6) is -0.0745. The Bertz CT molecular complexity index is 1060. The minimum atomic E-state index is -4.05. The molecule has 0 aliphatic rings. The minimum absolute atomic E-state index is 0.144. The van der Waals surface area contributed by atoms with Crippen molar-refractivity contribution in [2.24, 2.45) is 0 Å². The smallest absolute Gasteiger partial charge is 0.211 e. The van der Waals surface area contributed by atoms with Gasteiger partial charge < -0.3 is 9.72 Å². The summed E-state index contributed by atoms with van der Waals surface area (Å²) in [6, 6.07) is 9.17. The van der Waals surface area contributed by atoms with Crippen LogP contribution in [0.4, 0.5) is 4.39 Å². The number of fused-ring (bicyclic) bond motifs is 1. The number of aromatic amines is 1. The van der Waals surface area contributed by atoms with Gasteiger partial charge in [-0.05, 0) is 49.4 Å².